The fourth-order valence-corrected chi connectivity index (χ4v) is 2.22. The lowest BCUT2D eigenvalue weighted by atomic mass is 10.6. The second-order valence-electron chi connectivity index (χ2n) is 3.67. The molecule has 22 heavy (non-hydrogen) atoms. The predicted octanol–water partition coefficient (Wildman–Crippen LogP) is 1.83. The van der Waals surface area contributed by atoms with Crippen molar-refractivity contribution in [2.75, 3.05) is 25.6 Å². The summed E-state index contributed by atoms with van der Waals surface area (Å²) in [6.07, 6.45) is 1.96. The van der Waals surface area contributed by atoms with Gasteiger partial charge in [0.2, 0.25) is 17.1 Å². The van der Waals surface area contributed by atoms with Gasteiger partial charge in [0.15, 0.2) is 0 Å². The normalized spacial score (nSPS) is 11.5. The molecule has 8 nitrogen and oxygen atoms in total. The van der Waals surface area contributed by atoms with E-state index in [0.29, 0.717) is 22.8 Å². The van der Waals surface area contributed by atoms with Crippen molar-refractivity contribution < 1.29 is 0 Å². The van der Waals surface area contributed by atoms with Crippen molar-refractivity contribution in [2.24, 2.45) is 15.0 Å². The number of guanidine groups is 1. The van der Waals surface area contributed by atoms with Gasteiger partial charge in [-0.15, -0.1) is 0 Å². The molecule has 1 rings (SSSR count). The van der Waals surface area contributed by atoms with E-state index in [4.69, 9.17) is 5.73 Å². The van der Waals surface area contributed by atoms with Crippen LogP contribution >= 0.6 is 21.6 Å². The molecular formula is C12H22N8S2. The smallest absolute Gasteiger partial charge is 0.224 e. The third-order valence-electron chi connectivity index (χ3n) is 1.95. The van der Waals surface area contributed by atoms with Crippen molar-refractivity contribution in [3.05, 3.63) is 5.82 Å². The first kappa shape index (κ1) is 20.3. The summed E-state index contributed by atoms with van der Waals surface area (Å²) in [5.74, 6) is 2.16. The van der Waals surface area contributed by atoms with Gasteiger partial charge in [-0.05, 0) is 44.5 Å². The maximum absolute atomic E-state index is 5.40. The number of nitrogens with one attached hydrogen (secondary N) is 1. The van der Waals surface area contributed by atoms with Crippen LogP contribution in [-0.4, -0.2) is 53.3 Å². The van der Waals surface area contributed by atoms with Gasteiger partial charge in [-0.2, -0.15) is 15.0 Å². The number of nitrogens with zero attached hydrogens (tertiary/aromatic N) is 6. The summed E-state index contributed by atoms with van der Waals surface area (Å²) >= 11 is 0. The number of nitrogens with two attached hydrogens (primary N) is 1. The predicted molar refractivity (Wildman–Crippen MR) is 98.0 cm³/mol. The van der Waals surface area contributed by atoms with Crippen LogP contribution in [0.15, 0.2) is 20.1 Å². The molecule has 1 heterocycles. The van der Waals surface area contributed by atoms with Crippen LogP contribution < -0.4 is 11.1 Å². The number of hydrogen-bond donors (Lipinski definition) is 2. The Bertz CT molecular complexity index is 510. The van der Waals surface area contributed by atoms with Crippen LogP contribution in [0.25, 0.3) is 0 Å². The maximum atomic E-state index is 5.40. The molecule has 0 unspecified atom stereocenters. The molecule has 0 aliphatic carbocycles. The molecule has 0 aliphatic rings. The van der Waals surface area contributed by atoms with E-state index >= 15 is 0 Å². The van der Waals surface area contributed by atoms with Crippen molar-refractivity contribution in [3.63, 3.8) is 0 Å². The summed E-state index contributed by atoms with van der Waals surface area (Å²) in [6.45, 7) is 9.70. The molecule has 1 aromatic rings. The zero-order chi connectivity index (χ0) is 17.0. The van der Waals surface area contributed by atoms with E-state index < -0.39 is 0 Å². The van der Waals surface area contributed by atoms with Gasteiger partial charge in [-0.1, -0.05) is 10.8 Å². The van der Waals surface area contributed by atoms with E-state index in [0.717, 1.165) is 6.54 Å². The van der Waals surface area contributed by atoms with E-state index in [1.165, 1.54) is 10.8 Å². The van der Waals surface area contributed by atoms with Gasteiger partial charge < -0.3 is 11.1 Å². The van der Waals surface area contributed by atoms with Gasteiger partial charge in [0, 0.05) is 13.6 Å². The Morgan fingerprint density at radius 1 is 1.36 bits per heavy atom. The number of hydrogen-bond acceptors (Lipinski definition) is 7. The van der Waals surface area contributed by atoms with Crippen LogP contribution in [0.5, 0.6) is 0 Å². The van der Waals surface area contributed by atoms with E-state index in [2.05, 4.69) is 42.0 Å². The third-order valence-corrected chi connectivity index (χ3v) is 3.39. The van der Waals surface area contributed by atoms with Gasteiger partial charge in [-0.25, -0.2) is 9.98 Å². The van der Waals surface area contributed by atoms with Crippen LogP contribution in [-0.2, 0) is 0 Å². The second-order valence-corrected chi connectivity index (χ2v) is 6.03. The number of aromatic nitrogens is 3. The molecule has 0 aliphatic heterocycles. The van der Waals surface area contributed by atoms with Crippen LogP contribution in [0.4, 0.5) is 5.95 Å². The first-order valence-corrected chi connectivity index (χ1v) is 8.94. The van der Waals surface area contributed by atoms with E-state index in [1.54, 1.807) is 31.7 Å². The highest BCUT2D eigenvalue weighted by Gasteiger charge is 1.99. The number of aliphatic imine (C=N–C) groups is 3. The number of amidine groups is 1. The van der Waals surface area contributed by atoms with Crippen LogP contribution in [0, 0.1) is 6.92 Å². The Morgan fingerprint density at radius 2 is 2.05 bits per heavy atom. The lowest BCUT2D eigenvalue weighted by Crippen LogP contribution is -2.21. The maximum Gasteiger partial charge on any atom is 0.224 e. The molecule has 0 atom stereocenters. The zero-order valence-corrected chi connectivity index (χ0v) is 15.1. The van der Waals surface area contributed by atoms with Crippen molar-refractivity contribution >= 4 is 46.0 Å². The van der Waals surface area contributed by atoms with Gasteiger partial charge in [0.1, 0.15) is 11.7 Å². The topological polar surface area (TPSA) is 114 Å². The molecule has 10 heteroatoms. The van der Waals surface area contributed by atoms with Crippen LogP contribution in [0.1, 0.15) is 19.7 Å². The van der Waals surface area contributed by atoms with E-state index in [9.17, 15) is 0 Å². The number of rotatable bonds is 3. The molecule has 1 aromatic heterocycles. The summed E-state index contributed by atoms with van der Waals surface area (Å²) < 4.78 is 0. The van der Waals surface area contributed by atoms with Gasteiger partial charge in [0.25, 0.3) is 0 Å². The SMILES string of the molecule is C=N/C(C)=N\C(=NC)NCC.CSSc1nc(C)nc(N)n1. The fourth-order valence-electron chi connectivity index (χ4n) is 1.10. The molecular weight excluding hydrogens is 320 g/mol. The molecule has 0 spiro atoms. The minimum atomic E-state index is 0.286. The standard InChI is InChI=1S/C7H14N4.C5H8N4S2/c1-5-10-7(9-4)11-6(2)8-3;1-3-7-4(6)9-5(8-3)11-10-2/h3,5H2,1-2,4H3,(H,9,10);1-2H3,(H2,6,7,8,9)/b11-6-;. The molecule has 0 saturated carbocycles. The lowest BCUT2D eigenvalue weighted by Gasteiger charge is -1.99. The monoisotopic (exact) mass is 342 g/mol. The molecule has 0 amide bonds. The highest BCUT2D eigenvalue weighted by Crippen LogP contribution is 2.24. The Kier molecular flexibility index (Phi) is 11.0. The Morgan fingerprint density at radius 3 is 2.50 bits per heavy atom. The highest BCUT2D eigenvalue weighted by molar-refractivity contribution is 8.76. The molecule has 3 N–H and O–H groups in total. The molecule has 0 bridgehead atoms. The zero-order valence-electron chi connectivity index (χ0n) is 13.5. The minimum Gasteiger partial charge on any atom is -0.368 e. The van der Waals surface area contributed by atoms with Crippen molar-refractivity contribution in [1.29, 1.82) is 0 Å². The number of anilines is 1. The van der Waals surface area contributed by atoms with Crippen molar-refractivity contribution in [3.8, 4) is 0 Å². The number of nitrogen functional groups attached to an aromatic ring is 1. The molecule has 122 valence electrons. The summed E-state index contributed by atoms with van der Waals surface area (Å²) in [6, 6.07) is 0. The summed E-state index contributed by atoms with van der Waals surface area (Å²) in [5.41, 5.74) is 5.40. The third kappa shape index (κ3) is 9.29. The Labute approximate surface area is 139 Å². The Hall–Kier alpha value is -1.68. The van der Waals surface area contributed by atoms with Gasteiger partial charge in [0.05, 0.1) is 0 Å². The minimum absolute atomic E-state index is 0.286. The summed E-state index contributed by atoms with van der Waals surface area (Å²) in [5, 5.41) is 3.64. The Balaban J connectivity index is 0.000000401. The second kappa shape index (κ2) is 11.9. The van der Waals surface area contributed by atoms with E-state index in [-0.39, 0.29) is 5.95 Å². The summed E-state index contributed by atoms with van der Waals surface area (Å²) in [7, 11) is 4.74. The molecule has 0 radical (unpaired) electrons. The first-order chi connectivity index (χ1) is 10.5. The summed E-state index contributed by atoms with van der Waals surface area (Å²) in [4.78, 5) is 23.4. The number of aryl methyl sites for hydroxylation is 1. The van der Waals surface area contributed by atoms with Crippen molar-refractivity contribution in [1.82, 2.24) is 20.3 Å². The fraction of sp³-hybridized carbons (Fsp3) is 0.500. The van der Waals surface area contributed by atoms with Crippen molar-refractivity contribution in [2.45, 2.75) is 25.9 Å². The van der Waals surface area contributed by atoms with E-state index in [1.807, 2.05) is 13.2 Å². The average Bonchev–Trinajstić information content (AvgIpc) is 2.46. The van der Waals surface area contributed by atoms with Gasteiger partial charge in [-0.3, -0.25) is 4.99 Å². The molecule has 0 saturated heterocycles. The highest BCUT2D eigenvalue weighted by atomic mass is 33.1. The first-order valence-electron chi connectivity index (χ1n) is 6.38. The molecule has 0 fully saturated rings. The quantitative estimate of drug-likeness (QED) is 0.489. The largest absolute Gasteiger partial charge is 0.368 e. The van der Waals surface area contributed by atoms with Gasteiger partial charge >= 0.3 is 0 Å². The average molecular weight is 342 g/mol. The molecule has 0 aromatic carbocycles. The van der Waals surface area contributed by atoms with Crippen LogP contribution in [0.2, 0.25) is 0 Å². The lowest BCUT2D eigenvalue weighted by molar-refractivity contribution is 0.874. The van der Waals surface area contributed by atoms with Crippen LogP contribution in [0.3, 0.4) is 0 Å².